The minimum Gasteiger partial charge on any atom is -0.491 e. The maximum atomic E-state index is 12.5. The highest BCUT2D eigenvalue weighted by Gasteiger charge is 2.16. The molecule has 0 saturated carbocycles. The molecule has 1 aliphatic heterocycles. The lowest BCUT2D eigenvalue weighted by Crippen LogP contribution is -2.26. The number of anilines is 2. The molecule has 0 radical (unpaired) electrons. The van der Waals surface area contributed by atoms with E-state index in [4.69, 9.17) is 9.47 Å². The monoisotopic (exact) mass is 473 g/mol. The maximum Gasteiger partial charge on any atom is 0.251 e. The van der Waals surface area contributed by atoms with Crippen molar-refractivity contribution in [2.45, 2.75) is 31.9 Å². The molecule has 4 rings (SSSR count). The Labute approximate surface area is 205 Å². The van der Waals surface area contributed by atoms with E-state index in [1.165, 1.54) is 0 Å². The largest absolute Gasteiger partial charge is 0.491 e. The summed E-state index contributed by atoms with van der Waals surface area (Å²) in [6.07, 6.45) is 2.31. The van der Waals surface area contributed by atoms with Crippen molar-refractivity contribution in [1.82, 2.24) is 5.32 Å². The van der Waals surface area contributed by atoms with Gasteiger partial charge in [-0.2, -0.15) is 0 Å². The van der Waals surface area contributed by atoms with Gasteiger partial charge in [0.25, 0.3) is 5.91 Å². The first kappa shape index (κ1) is 24.3. The third-order valence-electron chi connectivity index (χ3n) is 5.85. The van der Waals surface area contributed by atoms with Gasteiger partial charge >= 0.3 is 0 Å². The van der Waals surface area contributed by atoms with Crippen LogP contribution in [0.5, 0.6) is 5.75 Å². The van der Waals surface area contributed by atoms with Crippen LogP contribution in [-0.4, -0.2) is 37.7 Å². The SMILES string of the molecule is CC(NC(=O)c1ccc(NC(=O)CNc2ccc(OCC3CCCO3)cc2)cc1)c1ccccc1. The molecule has 1 saturated heterocycles. The summed E-state index contributed by atoms with van der Waals surface area (Å²) in [5.74, 6) is 0.431. The zero-order chi connectivity index (χ0) is 24.5. The van der Waals surface area contributed by atoms with Gasteiger partial charge in [-0.25, -0.2) is 0 Å². The molecule has 3 N–H and O–H groups in total. The van der Waals surface area contributed by atoms with E-state index in [0.29, 0.717) is 17.9 Å². The fourth-order valence-electron chi connectivity index (χ4n) is 3.83. The van der Waals surface area contributed by atoms with E-state index < -0.39 is 0 Å². The molecule has 1 heterocycles. The zero-order valence-corrected chi connectivity index (χ0v) is 19.8. The van der Waals surface area contributed by atoms with Crippen molar-refractivity contribution < 1.29 is 19.1 Å². The Bertz CT molecular complexity index is 1100. The molecule has 7 nitrogen and oxygen atoms in total. The predicted molar refractivity (Wildman–Crippen MR) is 137 cm³/mol. The van der Waals surface area contributed by atoms with Crippen LogP contribution in [0.25, 0.3) is 0 Å². The Balaban J connectivity index is 1.20. The molecule has 182 valence electrons. The van der Waals surface area contributed by atoms with Gasteiger partial charge in [-0.1, -0.05) is 30.3 Å². The molecule has 0 aliphatic carbocycles. The van der Waals surface area contributed by atoms with E-state index in [1.807, 2.05) is 61.5 Å². The van der Waals surface area contributed by atoms with Crippen LogP contribution in [0.4, 0.5) is 11.4 Å². The summed E-state index contributed by atoms with van der Waals surface area (Å²) >= 11 is 0. The van der Waals surface area contributed by atoms with Crippen molar-refractivity contribution in [1.29, 1.82) is 0 Å². The van der Waals surface area contributed by atoms with Gasteiger partial charge in [0.05, 0.1) is 18.7 Å². The number of carbonyl (C=O) groups excluding carboxylic acids is 2. The molecule has 35 heavy (non-hydrogen) atoms. The summed E-state index contributed by atoms with van der Waals surface area (Å²) in [6, 6.07) is 24.0. The Morgan fingerprint density at radius 1 is 0.971 bits per heavy atom. The highest BCUT2D eigenvalue weighted by atomic mass is 16.5. The van der Waals surface area contributed by atoms with Crippen molar-refractivity contribution in [2.24, 2.45) is 0 Å². The summed E-state index contributed by atoms with van der Waals surface area (Å²) in [5, 5.41) is 8.92. The molecule has 3 aromatic rings. The van der Waals surface area contributed by atoms with Crippen LogP contribution < -0.4 is 20.7 Å². The summed E-state index contributed by atoms with van der Waals surface area (Å²) in [6.45, 7) is 3.43. The van der Waals surface area contributed by atoms with E-state index in [9.17, 15) is 9.59 Å². The average molecular weight is 474 g/mol. The lowest BCUT2D eigenvalue weighted by atomic mass is 10.1. The molecule has 1 aliphatic rings. The van der Waals surface area contributed by atoms with E-state index >= 15 is 0 Å². The second-order valence-corrected chi connectivity index (χ2v) is 8.56. The van der Waals surface area contributed by atoms with Gasteiger partial charge in [-0.05, 0) is 73.9 Å². The highest BCUT2D eigenvalue weighted by molar-refractivity contribution is 5.96. The quantitative estimate of drug-likeness (QED) is 0.394. The second kappa shape index (κ2) is 12.0. The maximum absolute atomic E-state index is 12.5. The Morgan fingerprint density at radius 3 is 2.37 bits per heavy atom. The van der Waals surface area contributed by atoms with Crippen LogP contribution in [0.2, 0.25) is 0 Å². The van der Waals surface area contributed by atoms with Crippen molar-refractivity contribution in [2.75, 3.05) is 30.4 Å². The van der Waals surface area contributed by atoms with E-state index in [1.54, 1.807) is 24.3 Å². The number of amides is 2. The Morgan fingerprint density at radius 2 is 1.69 bits per heavy atom. The van der Waals surface area contributed by atoms with E-state index in [-0.39, 0.29) is 30.5 Å². The van der Waals surface area contributed by atoms with E-state index in [0.717, 1.165) is 36.4 Å². The molecular formula is C28H31N3O4. The number of benzene rings is 3. The van der Waals surface area contributed by atoms with Gasteiger partial charge in [0.2, 0.25) is 5.91 Å². The smallest absolute Gasteiger partial charge is 0.251 e. The summed E-state index contributed by atoms with van der Waals surface area (Å²) in [5.41, 5.74) is 3.02. The number of nitrogens with one attached hydrogen (secondary N) is 3. The van der Waals surface area contributed by atoms with Crippen molar-refractivity contribution >= 4 is 23.2 Å². The Hall–Kier alpha value is -3.84. The lowest BCUT2D eigenvalue weighted by Gasteiger charge is -2.14. The second-order valence-electron chi connectivity index (χ2n) is 8.56. The number of hydrogen-bond acceptors (Lipinski definition) is 5. The number of hydrogen-bond donors (Lipinski definition) is 3. The number of ether oxygens (including phenoxy) is 2. The molecular weight excluding hydrogens is 442 g/mol. The zero-order valence-electron chi connectivity index (χ0n) is 19.8. The van der Waals surface area contributed by atoms with Crippen LogP contribution >= 0.6 is 0 Å². The molecule has 1 fully saturated rings. The molecule has 2 atom stereocenters. The minimum absolute atomic E-state index is 0.101. The van der Waals surface area contributed by atoms with Crippen molar-refractivity contribution in [3.05, 3.63) is 90.0 Å². The van der Waals surface area contributed by atoms with Crippen LogP contribution in [0.15, 0.2) is 78.9 Å². The molecule has 2 unspecified atom stereocenters. The van der Waals surface area contributed by atoms with Crippen LogP contribution in [0, 0.1) is 0 Å². The average Bonchev–Trinajstić information content (AvgIpc) is 3.41. The van der Waals surface area contributed by atoms with Gasteiger partial charge in [0.1, 0.15) is 12.4 Å². The van der Waals surface area contributed by atoms with Crippen LogP contribution in [0.3, 0.4) is 0 Å². The third-order valence-corrected chi connectivity index (χ3v) is 5.85. The summed E-state index contributed by atoms with van der Waals surface area (Å²) in [7, 11) is 0. The third kappa shape index (κ3) is 7.32. The summed E-state index contributed by atoms with van der Waals surface area (Å²) in [4.78, 5) is 24.9. The fourth-order valence-corrected chi connectivity index (χ4v) is 3.83. The topological polar surface area (TPSA) is 88.7 Å². The standard InChI is InChI=1S/C28H31N3O4/c1-20(21-6-3-2-4-7-21)30-28(33)22-9-11-24(12-10-22)31-27(32)18-29-23-13-15-25(16-14-23)35-19-26-8-5-17-34-26/h2-4,6-7,9-16,20,26,29H,5,8,17-19H2,1H3,(H,30,33)(H,31,32). The molecule has 3 aromatic carbocycles. The van der Waals surface area contributed by atoms with Gasteiger partial charge in [-0.3, -0.25) is 9.59 Å². The normalized spacial score (nSPS) is 15.7. The highest BCUT2D eigenvalue weighted by Crippen LogP contribution is 2.19. The molecule has 7 heteroatoms. The molecule has 2 amide bonds. The first-order valence-electron chi connectivity index (χ1n) is 11.9. The number of rotatable bonds is 10. The lowest BCUT2D eigenvalue weighted by molar-refractivity contribution is -0.114. The summed E-state index contributed by atoms with van der Waals surface area (Å²) < 4.78 is 11.3. The predicted octanol–water partition coefficient (Wildman–Crippen LogP) is 4.79. The minimum atomic E-state index is -0.182. The first-order chi connectivity index (χ1) is 17.1. The van der Waals surface area contributed by atoms with Gasteiger partial charge in [-0.15, -0.1) is 0 Å². The van der Waals surface area contributed by atoms with Crippen molar-refractivity contribution in [3.63, 3.8) is 0 Å². The molecule has 0 spiro atoms. The van der Waals surface area contributed by atoms with E-state index in [2.05, 4.69) is 16.0 Å². The number of carbonyl (C=O) groups is 2. The van der Waals surface area contributed by atoms with Crippen LogP contribution in [-0.2, 0) is 9.53 Å². The van der Waals surface area contributed by atoms with Crippen LogP contribution in [0.1, 0.15) is 41.7 Å². The van der Waals surface area contributed by atoms with Crippen molar-refractivity contribution in [3.8, 4) is 5.75 Å². The van der Waals surface area contributed by atoms with Gasteiger partial charge in [0.15, 0.2) is 0 Å². The fraction of sp³-hybridized carbons (Fsp3) is 0.286. The van der Waals surface area contributed by atoms with Gasteiger partial charge < -0.3 is 25.4 Å². The van der Waals surface area contributed by atoms with Gasteiger partial charge in [0, 0.05) is 23.5 Å². The first-order valence-corrected chi connectivity index (χ1v) is 11.9. The molecule has 0 bridgehead atoms. The molecule has 0 aromatic heterocycles. The Kier molecular flexibility index (Phi) is 8.35.